The fraction of sp³-hybridized carbons (Fsp3) is 0.609. The Labute approximate surface area is 146 Å². The maximum atomic E-state index is 11.9. The number of fused-ring (bicyclic) bond motifs is 5. The van der Waals surface area contributed by atoms with E-state index in [4.69, 9.17) is 0 Å². The van der Waals surface area contributed by atoms with Crippen LogP contribution in [0.25, 0.3) is 0 Å². The van der Waals surface area contributed by atoms with E-state index in [-0.39, 0.29) is 11.2 Å². The molecule has 0 aromatic rings. The van der Waals surface area contributed by atoms with Crippen LogP contribution in [0, 0.1) is 34.5 Å². The zero-order chi connectivity index (χ0) is 17.3. The maximum absolute atomic E-state index is 11.9. The van der Waals surface area contributed by atoms with Gasteiger partial charge in [0, 0.05) is 5.41 Å². The van der Waals surface area contributed by atoms with Gasteiger partial charge in [-0.15, -0.1) is 0 Å². The maximum Gasteiger partial charge on any atom is 0.178 e. The molecule has 0 N–H and O–H groups in total. The Morgan fingerprint density at radius 1 is 1.25 bits per heavy atom. The molecule has 4 aliphatic carbocycles. The first kappa shape index (κ1) is 16.1. The van der Waals surface area contributed by atoms with Gasteiger partial charge in [0.15, 0.2) is 5.78 Å². The Kier molecular flexibility index (Phi) is 3.40. The van der Waals surface area contributed by atoms with E-state index in [2.05, 4.69) is 40.0 Å². The second-order valence-electron chi connectivity index (χ2n) is 9.29. The Hall–Kier alpha value is -1.37. The minimum absolute atomic E-state index is 0.0105. The van der Waals surface area contributed by atoms with Crippen LogP contribution in [0.1, 0.15) is 52.9 Å². The first-order chi connectivity index (χ1) is 11.3. The van der Waals surface area contributed by atoms with E-state index in [0.717, 1.165) is 18.8 Å². The van der Waals surface area contributed by atoms with Crippen molar-refractivity contribution >= 4 is 5.78 Å². The molecule has 0 spiro atoms. The number of hydrogen-bond acceptors (Lipinski definition) is 1. The van der Waals surface area contributed by atoms with E-state index in [1.165, 1.54) is 36.0 Å². The SMILES string of the molecule is C=C1CC2(C)C(C(=C)C)CCC2C2CCC3=CC(=O)C=CC3(C)C12. The lowest BCUT2D eigenvalue weighted by molar-refractivity contribution is -0.110. The largest absolute Gasteiger partial charge is 0.290 e. The predicted octanol–water partition coefficient (Wildman–Crippen LogP) is 5.65. The Bertz CT molecular complexity index is 693. The highest BCUT2D eigenvalue weighted by Gasteiger charge is 2.59. The van der Waals surface area contributed by atoms with Gasteiger partial charge in [-0.05, 0) is 80.3 Å². The van der Waals surface area contributed by atoms with Crippen LogP contribution < -0.4 is 0 Å². The van der Waals surface area contributed by atoms with Crippen molar-refractivity contribution in [2.24, 2.45) is 34.5 Å². The summed E-state index contributed by atoms with van der Waals surface area (Å²) in [7, 11) is 0. The summed E-state index contributed by atoms with van der Waals surface area (Å²) in [5.74, 6) is 2.80. The smallest absolute Gasteiger partial charge is 0.178 e. The topological polar surface area (TPSA) is 17.1 Å². The molecule has 4 aliphatic rings. The van der Waals surface area contributed by atoms with Crippen molar-refractivity contribution in [2.45, 2.75) is 52.9 Å². The molecule has 1 nitrogen and oxygen atoms in total. The Morgan fingerprint density at radius 3 is 2.71 bits per heavy atom. The van der Waals surface area contributed by atoms with Crippen LogP contribution in [0.15, 0.2) is 48.1 Å². The fourth-order valence-electron chi connectivity index (χ4n) is 7.11. The van der Waals surface area contributed by atoms with Crippen molar-refractivity contribution in [1.82, 2.24) is 0 Å². The molecule has 6 unspecified atom stereocenters. The second-order valence-corrected chi connectivity index (χ2v) is 9.29. The summed E-state index contributed by atoms with van der Waals surface area (Å²) in [5.41, 5.74) is 4.47. The molecule has 3 saturated carbocycles. The Balaban J connectivity index is 1.75. The number of hydrogen-bond donors (Lipinski definition) is 0. The third kappa shape index (κ3) is 1.96. The van der Waals surface area contributed by atoms with Gasteiger partial charge < -0.3 is 0 Å². The molecule has 0 bridgehead atoms. The number of carbonyl (C=O) groups is 1. The van der Waals surface area contributed by atoms with E-state index in [1.807, 2.05) is 6.08 Å². The molecule has 0 aliphatic heterocycles. The molecular weight excluding hydrogens is 292 g/mol. The molecule has 6 atom stereocenters. The van der Waals surface area contributed by atoms with Crippen molar-refractivity contribution in [1.29, 1.82) is 0 Å². The van der Waals surface area contributed by atoms with Crippen LogP contribution in [0.2, 0.25) is 0 Å². The monoisotopic (exact) mass is 322 g/mol. The van der Waals surface area contributed by atoms with E-state index >= 15 is 0 Å². The minimum Gasteiger partial charge on any atom is -0.290 e. The van der Waals surface area contributed by atoms with Crippen molar-refractivity contribution in [2.75, 3.05) is 0 Å². The molecule has 3 fully saturated rings. The van der Waals surface area contributed by atoms with Gasteiger partial charge in [-0.3, -0.25) is 4.79 Å². The summed E-state index contributed by atoms with van der Waals surface area (Å²) in [6, 6.07) is 0. The van der Waals surface area contributed by atoms with Crippen molar-refractivity contribution in [3.63, 3.8) is 0 Å². The average Bonchev–Trinajstić information content (AvgIpc) is 2.84. The second kappa shape index (κ2) is 5.07. The summed E-state index contributed by atoms with van der Waals surface area (Å²) in [5, 5.41) is 0. The highest BCUT2D eigenvalue weighted by atomic mass is 16.1. The lowest BCUT2D eigenvalue weighted by Gasteiger charge is -2.58. The van der Waals surface area contributed by atoms with Crippen LogP contribution in [-0.2, 0) is 4.79 Å². The van der Waals surface area contributed by atoms with Crippen LogP contribution in [0.4, 0.5) is 0 Å². The summed E-state index contributed by atoms with van der Waals surface area (Å²) >= 11 is 0. The van der Waals surface area contributed by atoms with Gasteiger partial charge in [-0.2, -0.15) is 0 Å². The van der Waals surface area contributed by atoms with Crippen molar-refractivity contribution in [3.8, 4) is 0 Å². The first-order valence-corrected chi connectivity index (χ1v) is 9.54. The predicted molar refractivity (Wildman–Crippen MR) is 99.4 cm³/mol. The first-order valence-electron chi connectivity index (χ1n) is 9.54. The molecular formula is C23H30O. The standard InChI is InChI=1S/C23H30O/c1-14(2)19-8-9-20-18-7-6-16-12-17(24)10-11-22(16,4)21(18)15(3)13-23(19,20)5/h10-12,18-21H,1,3,6-9,13H2,2,4-5H3. The molecule has 0 heterocycles. The zero-order valence-electron chi connectivity index (χ0n) is 15.4. The molecule has 0 radical (unpaired) electrons. The van der Waals surface area contributed by atoms with Crippen LogP contribution in [-0.4, -0.2) is 5.78 Å². The molecule has 0 amide bonds. The number of carbonyl (C=O) groups excluding carboxylic acids is 1. The molecule has 24 heavy (non-hydrogen) atoms. The molecule has 0 aromatic heterocycles. The van der Waals surface area contributed by atoms with Crippen molar-refractivity contribution in [3.05, 3.63) is 48.1 Å². The Morgan fingerprint density at radius 2 is 2.00 bits per heavy atom. The highest BCUT2D eigenvalue weighted by molar-refractivity contribution is 6.01. The van der Waals surface area contributed by atoms with E-state index in [1.54, 1.807) is 6.08 Å². The highest BCUT2D eigenvalue weighted by Crippen LogP contribution is 2.67. The normalized spacial score (nSPS) is 46.9. The summed E-state index contributed by atoms with van der Waals surface area (Å²) in [6.07, 6.45) is 11.9. The third-order valence-corrected chi connectivity index (χ3v) is 7.99. The third-order valence-electron chi connectivity index (χ3n) is 7.99. The van der Waals surface area contributed by atoms with Gasteiger partial charge in [-0.25, -0.2) is 0 Å². The van der Waals surface area contributed by atoms with Gasteiger partial charge in [0.05, 0.1) is 0 Å². The van der Waals surface area contributed by atoms with Crippen molar-refractivity contribution < 1.29 is 4.79 Å². The van der Waals surface area contributed by atoms with Gasteiger partial charge in [0.1, 0.15) is 0 Å². The van der Waals surface area contributed by atoms with Crippen LogP contribution in [0.5, 0.6) is 0 Å². The van der Waals surface area contributed by atoms with Crippen LogP contribution >= 0.6 is 0 Å². The summed E-state index contributed by atoms with van der Waals surface area (Å²) in [6.45, 7) is 15.9. The molecule has 0 saturated heterocycles. The van der Waals surface area contributed by atoms with Gasteiger partial charge in [0.25, 0.3) is 0 Å². The summed E-state index contributed by atoms with van der Waals surface area (Å²) < 4.78 is 0. The zero-order valence-corrected chi connectivity index (χ0v) is 15.4. The lowest BCUT2D eigenvalue weighted by atomic mass is 9.46. The molecule has 0 aromatic carbocycles. The van der Waals surface area contributed by atoms with E-state index in [9.17, 15) is 4.79 Å². The van der Waals surface area contributed by atoms with Crippen LogP contribution in [0.3, 0.4) is 0 Å². The molecule has 4 rings (SSSR count). The van der Waals surface area contributed by atoms with E-state index in [0.29, 0.717) is 23.2 Å². The van der Waals surface area contributed by atoms with Gasteiger partial charge in [-0.1, -0.05) is 49.8 Å². The lowest BCUT2D eigenvalue weighted by Crippen LogP contribution is -2.50. The van der Waals surface area contributed by atoms with E-state index < -0.39 is 0 Å². The number of rotatable bonds is 1. The fourth-order valence-corrected chi connectivity index (χ4v) is 7.11. The molecule has 128 valence electrons. The average molecular weight is 322 g/mol. The minimum atomic E-state index is 0.0105. The number of ketones is 1. The molecule has 1 heteroatoms. The van der Waals surface area contributed by atoms with Gasteiger partial charge in [0.2, 0.25) is 0 Å². The summed E-state index contributed by atoms with van der Waals surface area (Å²) in [4.78, 5) is 11.9. The number of allylic oxidation sites excluding steroid dienone is 6. The van der Waals surface area contributed by atoms with Gasteiger partial charge >= 0.3 is 0 Å². The quantitative estimate of drug-likeness (QED) is 0.570.